The summed E-state index contributed by atoms with van der Waals surface area (Å²) in [6, 6.07) is 24.6. The van der Waals surface area contributed by atoms with Gasteiger partial charge in [-0.1, -0.05) is 104 Å². The van der Waals surface area contributed by atoms with Crippen LogP contribution in [0.5, 0.6) is 0 Å². The van der Waals surface area contributed by atoms with E-state index in [1.54, 1.807) is 11.8 Å². The van der Waals surface area contributed by atoms with Crippen LogP contribution in [0.4, 0.5) is 4.79 Å². The molecule has 1 heterocycles. The van der Waals surface area contributed by atoms with Crippen molar-refractivity contribution >= 4 is 35.6 Å². The van der Waals surface area contributed by atoms with E-state index in [0.717, 1.165) is 40.7 Å². The van der Waals surface area contributed by atoms with Crippen molar-refractivity contribution in [2.75, 3.05) is 25.6 Å². The van der Waals surface area contributed by atoms with Gasteiger partial charge in [-0.15, -0.1) is 0 Å². The Hall–Kier alpha value is -4.61. The topological polar surface area (TPSA) is 143 Å². The molecule has 0 aromatic heterocycles. The lowest BCUT2D eigenvalue weighted by Gasteiger charge is -2.29. The van der Waals surface area contributed by atoms with Crippen LogP contribution >= 0.6 is 11.8 Å². The molecule has 3 aliphatic rings. The maximum atomic E-state index is 13.7. The monoisotopic (exact) mass is 739 g/mol. The van der Waals surface area contributed by atoms with Crippen LogP contribution in [-0.4, -0.2) is 72.2 Å². The minimum atomic E-state index is -0.966. The van der Waals surface area contributed by atoms with Crippen LogP contribution in [0.3, 0.4) is 0 Å². The fraction of sp³-hybridized carbons (Fsp3) is 0.429. The number of nitrogens with one attached hydrogen (secondary N) is 3. The van der Waals surface area contributed by atoms with Crippen LogP contribution in [0.25, 0.3) is 11.1 Å². The third-order valence-electron chi connectivity index (χ3n) is 10.4. The van der Waals surface area contributed by atoms with E-state index < -0.39 is 35.6 Å². The highest BCUT2D eigenvalue weighted by Gasteiger charge is 2.36. The number of hydrogen-bond acceptors (Lipinski definition) is 8. The molecule has 10 nitrogen and oxygen atoms in total. The lowest BCUT2D eigenvalue weighted by atomic mass is 9.95. The summed E-state index contributed by atoms with van der Waals surface area (Å²) in [5.74, 6) is -0.804. The molecule has 280 valence electrons. The van der Waals surface area contributed by atoms with Gasteiger partial charge >= 0.3 is 12.1 Å². The number of alkyl carbamates (subject to hydrolysis) is 1. The molecule has 0 spiro atoms. The minimum absolute atomic E-state index is 0.0342. The summed E-state index contributed by atoms with van der Waals surface area (Å²) in [7, 11) is 0. The molecule has 3 amide bonds. The van der Waals surface area contributed by atoms with Gasteiger partial charge in [0.1, 0.15) is 19.3 Å². The number of benzene rings is 3. The van der Waals surface area contributed by atoms with Crippen LogP contribution in [-0.2, 0) is 29.6 Å². The number of rotatable bonds is 11. The van der Waals surface area contributed by atoms with Crippen LogP contribution in [0.2, 0.25) is 0 Å². The van der Waals surface area contributed by atoms with Crippen molar-refractivity contribution in [1.82, 2.24) is 16.0 Å². The molecule has 1 saturated carbocycles. The highest BCUT2D eigenvalue weighted by atomic mass is 32.2. The number of ether oxygens (including phenoxy) is 2. The van der Waals surface area contributed by atoms with Crippen molar-refractivity contribution in [3.05, 3.63) is 108 Å². The second-order valence-corrected chi connectivity index (χ2v) is 15.3. The van der Waals surface area contributed by atoms with Crippen molar-refractivity contribution in [2.24, 2.45) is 5.92 Å². The number of esters is 1. The molecule has 0 radical (unpaired) electrons. The summed E-state index contributed by atoms with van der Waals surface area (Å²) >= 11 is 1.60. The first kappa shape index (κ1) is 38.1. The van der Waals surface area contributed by atoms with Crippen molar-refractivity contribution in [3.8, 4) is 11.1 Å². The van der Waals surface area contributed by atoms with E-state index in [4.69, 9.17) is 9.47 Å². The Labute approximate surface area is 315 Å². The fourth-order valence-corrected chi connectivity index (χ4v) is 8.54. The van der Waals surface area contributed by atoms with E-state index >= 15 is 0 Å². The first-order chi connectivity index (χ1) is 25.8. The number of allylic oxidation sites excluding steroid dienone is 2. The van der Waals surface area contributed by atoms with E-state index in [2.05, 4.69) is 28.1 Å². The number of cyclic esters (lactones) is 1. The summed E-state index contributed by atoms with van der Waals surface area (Å²) < 4.78 is 11.5. The Morgan fingerprint density at radius 1 is 0.925 bits per heavy atom. The highest BCUT2D eigenvalue weighted by molar-refractivity contribution is 7.98. The zero-order valence-electron chi connectivity index (χ0n) is 30.0. The number of aliphatic hydroxyl groups is 1. The van der Waals surface area contributed by atoms with Gasteiger partial charge in [0.2, 0.25) is 11.8 Å². The Bertz CT molecular complexity index is 1710. The fourth-order valence-electron chi connectivity index (χ4n) is 7.53. The van der Waals surface area contributed by atoms with Gasteiger partial charge in [0.05, 0.1) is 24.1 Å². The average molecular weight is 740 g/mol. The van der Waals surface area contributed by atoms with E-state index in [1.165, 1.54) is 0 Å². The van der Waals surface area contributed by atoms with Crippen LogP contribution in [0.15, 0.2) is 91.0 Å². The Kier molecular flexibility index (Phi) is 13.3. The van der Waals surface area contributed by atoms with E-state index in [-0.39, 0.29) is 50.4 Å². The molecule has 3 aromatic rings. The zero-order valence-corrected chi connectivity index (χ0v) is 30.8. The third kappa shape index (κ3) is 10.1. The number of carbonyl (C=O) groups is 4. The smallest absolute Gasteiger partial charge is 0.407 e. The standard InChI is InChI=1S/C42H49N3O7S/c46-28-42(21-11-12-22-42)45-38(47)23-30-15-5-2-6-20-37(40(49)51-24-31(43-39(30)48)27-53-26-29-13-3-1-4-14-29)44-41(50)52-25-36-34-18-9-7-16-32(34)33-17-8-10-19-35(33)36/h1-5,7-10,13-14,16-19,30-31,36-37,46H,6,11-12,15,20-28H2,(H,43,48)(H,44,50)(H,45,47)/t30-,31-,37+/m1/s1. The molecule has 1 fully saturated rings. The van der Waals surface area contributed by atoms with E-state index in [9.17, 15) is 24.3 Å². The molecule has 3 atom stereocenters. The number of aliphatic hydroxyl groups excluding tert-OH is 1. The molecular formula is C42H49N3O7S. The molecule has 4 N–H and O–H groups in total. The minimum Gasteiger partial charge on any atom is -0.462 e. The second kappa shape index (κ2) is 18.4. The van der Waals surface area contributed by atoms with Gasteiger partial charge in [0.15, 0.2) is 0 Å². The Morgan fingerprint density at radius 3 is 2.30 bits per heavy atom. The molecule has 0 unspecified atom stereocenters. The number of carbonyl (C=O) groups excluding carboxylic acids is 4. The SMILES string of the molecule is O=C(C[C@H]1CC=CCC[C@H](NC(=O)OCC2c3ccccc3-c3ccccc32)C(=O)OC[C@H](CSCc2ccccc2)NC1=O)NC1(CO)CCCC1. The first-order valence-corrected chi connectivity index (χ1v) is 19.8. The van der Waals surface area contributed by atoms with Gasteiger partial charge in [0, 0.05) is 23.8 Å². The zero-order chi connectivity index (χ0) is 37.0. The number of amides is 3. The molecule has 53 heavy (non-hydrogen) atoms. The van der Waals surface area contributed by atoms with Crippen molar-refractivity contribution in [1.29, 1.82) is 0 Å². The number of hydrogen-bond donors (Lipinski definition) is 4. The van der Waals surface area contributed by atoms with Gasteiger partial charge in [-0.2, -0.15) is 11.8 Å². The largest absolute Gasteiger partial charge is 0.462 e. The van der Waals surface area contributed by atoms with Gasteiger partial charge in [0.25, 0.3) is 0 Å². The Morgan fingerprint density at radius 2 is 1.60 bits per heavy atom. The highest BCUT2D eigenvalue weighted by Crippen LogP contribution is 2.44. The van der Waals surface area contributed by atoms with Crippen LogP contribution in [0.1, 0.15) is 74.0 Å². The summed E-state index contributed by atoms with van der Waals surface area (Å²) in [4.78, 5) is 53.6. The van der Waals surface area contributed by atoms with E-state index in [0.29, 0.717) is 37.2 Å². The van der Waals surface area contributed by atoms with Gasteiger partial charge in [-0.25, -0.2) is 9.59 Å². The van der Waals surface area contributed by atoms with Gasteiger partial charge in [-0.05, 0) is 59.9 Å². The molecule has 11 heteroatoms. The quantitative estimate of drug-likeness (QED) is 0.138. The maximum Gasteiger partial charge on any atom is 0.407 e. The summed E-state index contributed by atoms with van der Waals surface area (Å²) in [6.07, 6.45) is 7.26. The van der Waals surface area contributed by atoms with Gasteiger partial charge in [-0.3, -0.25) is 9.59 Å². The molecular weight excluding hydrogens is 691 g/mol. The Balaban J connectivity index is 1.11. The summed E-state index contributed by atoms with van der Waals surface area (Å²) in [6.45, 7) is -0.120. The second-order valence-electron chi connectivity index (χ2n) is 14.2. The van der Waals surface area contributed by atoms with Crippen LogP contribution in [0, 0.1) is 5.92 Å². The molecule has 3 aromatic carbocycles. The van der Waals surface area contributed by atoms with Gasteiger partial charge < -0.3 is 30.5 Å². The number of fused-ring (bicyclic) bond motifs is 3. The summed E-state index contributed by atoms with van der Waals surface area (Å²) in [5.41, 5.74) is 4.92. The molecule has 0 saturated heterocycles. The predicted octanol–water partition coefficient (Wildman–Crippen LogP) is 6.02. The van der Waals surface area contributed by atoms with Crippen molar-refractivity contribution in [2.45, 2.75) is 80.7 Å². The third-order valence-corrected chi connectivity index (χ3v) is 11.6. The molecule has 2 aliphatic carbocycles. The van der Waals surface area contributed by atoms with Crippen LogP contribution < -0.4 is 16.0 Å². The van der Waals surface area contributed by atoms with Crippen molar-refractivity contribution < 1.29 is 33.8 Å². The van der Waals surface area contributed by atoms with E-state index in [1.807, 2.05) is 78.9 Å². The number of thioether (sulfide) groups is 1. The maximum absolute atomic E-state index is 13.7. The summed E-state index contributed by atoms with van der Waals surface area (Å²) in [5, 5.41) is 18.8. The average Bonchev–Trinajstić information content (AvgIpc) is 3.77. The lowest BCUT2D eigenvalue weighted by Crippen LogP contribution is -2.50. The first-order valence-electron chi connectivity index (χ1n) is 18.6. The normalized spacial score (nSPS) is 21.5. The predicted molar refractivity (Wildman–Crippen MR) is 205 cm³/mol. The molecule has 6 rings (SSSR count). The van der Waals surface area contributed by atoms with Crippen molar-refractivity contribution in [3.63, 3.8) is 0 Å². The molecule has 1 aliphatic heterocycles. The molecule has 0 bridgehead atoms. The lowest BCUT2D eigenvalue weighted by molar-refractivity contribution is -0.147.